The standard InChI is InChI=1S/2C10H13.O.Sn/c2*1-10(2,3)9-7-5-4-6-8-9;;/h2*5-8H,1-3H3;;. The van der Waals surface area contributed by atoms with E-state index in [2.05, 4.69) is 90.1 Å². The van der Waals surface area contributed by atoms with Crippen molar-refractivity contribution >= 4 is 26.9 Å². The van der Waals surface area contributed by atoms with E-state index in [1.54, 1.807) is 0 Å². The predicted octanol–water partition coefficient (Wildman–Crippen LogP) is 3.82. The molecule has 0 heterocycles. The fraction of sp³-hybridized carbons (Fsp3) is 0.400. The van der Waals surface area contributed by atoms with E-state index in [0.717, 1.165) is 7.16 Å². The number of hydrogen-bond donors (Lipinski definition) is 0. The Morgan fingerprint density at radius 1 is 0.591 bits per heavy atom. The second-order valence-electron chi connectivity index (χ2n) is 7.98. The van der Waals surface area contributed by atoms with Gasteiger partial charge in [0.25, 0.3) is 0 Å². The molecule has 0 aliphatic rings. The van der Waals surface area contributed by atoms with E-state index < -0.39 is 19.7 Å². The summed E-state index contributed by atoms with van der Waals surface area (Å²) in [5.41, 5.74) is 2.85. The van der Waals surface area contributed by atoms with Crippen molar-refractivity contribution in [2.24, 2.45) is 0 Å². The van der Waals surface area contributed by atoms with Gasteiger partial charge in [-0.1, -0.05) is 0 Å². The first-order valence-electron chi connectivity index (χ1n) is 7.85. The van der Waals surface area contributed by atoms with E-state index in [-0.39, 0.29) is 10.8 Å². The summed E-state index contributed by atoms with van der Waals surface area (Å²) in [7, 11) is 0. The third kappa shape index (κ3) is 4.06. The van der Waals surface area contributed by atoms with Gasteiger partial charge in [0, 0.05) is 0 Å². The van der Waals surface area contributed by atoms with Crippen LogP contribution < -0.4 is 7.16 Å². The first-order valence-corrected chi connectivity index (χ1v) is 11.9. The predicted molar refractivity (Wildman–Crippen MR) is 96.0 cm³/mol. The maximum atomic E-state index is 12.8. The van der Waals surface area contributed by atoms with Crippen molar-refractivity contribution < 1.29 is 3.08 Å². The van der Waals surface area contributed by atoms with Crippen molar-refractivity contribution in [2.75, 3.05) is 0 Å². The molecule has 0 aromatic heterocycles. The van der Waals surface area contributed by atoms with Crippen LogP contribution in [0.4, 0.5) is 0 Å². The van der Waals surface area contributed by atoms with Gasteiger partial charge in [0.1, 0.15) is 0 Å². The fourth-order valence-electron chi connectivity index (χ4n) is 2.41. The molecule has 0 aliphatic heterocycles. The maximum absolute atomic E-state index is 12.8. The summed E-state index contributed by atoms with van der Waals surface area (Å²) in [5, 5.41) is 0. The summed E-state index contributed by atoms with van der Waals surface area (Å²) in [6.45, 7) is 13.2. The molecular formula is C20H26OSn. The summed E-state index contributed by atoms with van der Waals surface area (Å²) in [6, 6.07) is 16.7. The van der Waals surface area contributed by atoms with Gasteiger partial charge >= 0.3 is 142 Å². The molecule has 0 aliphatic carbocycles. The van der Waals surface area contributed by atoms with Crippen molar-refractivity contribution in [3.8, 4) is 0 Å². The Morgan fingerprint density at radius 3 is 1.09 bits per heavy atom. The van der Waals surface area contributed by atoms with Crippen LogP contribution in [0, 0.1) is 0 Å². The Labute approximate surface area is 141 Å². The van der Waals surface area contributed by atoms with Gasteiger partial charge in [0.2, 0.25) is 0 Å². The minimum atomic E-state index is -2.94. The molecule has 2 rings (SSSR count). The van der Waals surface area contributed by atoms with Crippen LogP contribution in [0.5, 0.6) is 0 Å². The number of benzene rings is 2. The molecule has 2 heteroatoms. The average Bonchev–Trinajstić information content (AvgIpc) is 2.45. The first-order chi connectivity index (χ1) is 10.1. The van der Waals surface area contributed by atoms with Crippen LogP contribution >= 0.6 is 0 Å². The van der Waals surface area contributed by atoms with Crippen LogP contribution in [0.2, 0.25) is 0 Å². The Balaban J connectivity index is 2.25. The molecule has 0 unspecified atom stereocenters. The van der Waals surface area contributed by atoms with Crippen LogP contribution in [-0.4, -0.2) is 19.7 Å². The van der Waals surface area contributed by atoms with Gasteiger partial charge in [0.05, 0.1) is 0 Å². The zero-order valence-corrected chi connectivity index (χ0v) is 17.4. The van der Waals surface area contributed by atoms with Gasteiger partial charge in [-0.3, -0.25) is 0 Å². The zero-order chi connectivity index (χ0) is 16.5. The molecule has 0 saturated carbocycles. The van der Waals surface area contributed by atoms with Crippen molar-refractivity contribution in [3.05, 3.63) is 59.7 Å². The quantitative estimate of drug-likeness (QED) is 0.700. The van der Waals surface area contributed by atoms with Crippen LogP contribution in [0.3, 0.4) is 0 Å². The zero-order valence-electron chi connectivity index (χ0n) is 14.5. The molecule has 0 spiro atoms. The molecule has 0 fully saturated rings. The Kier molecular flexibility index (Phi) is 4.96. The van der Waals surface area contributed by atoms with Gasteiger partial charge in [0.15, 0.2) is 0 Å². The van der Waals surface area contributed by atoms with Gasteiger partial charge in [-0.2, -0.15) is 0 Å². The van der Waals surface area contributed by atoms with Crippen molar-refractivity contribution in [3.63, 3.8) is 0 Å². The van der Waals surface area contributed by atoms with E-state index in [1.165, 1.54) is 11.1 Å². The fourth-order valence-corrected chi connectivity index (χ4v) is 6.04. The summed E-state index contributed by atoms with van der Waals surface area (Å²) in [5.74, 6) is 0. The first kappa shape index (κ1) is 17.4. The Hall–Kier alpha value is -0.961. The van der Waals surface area contributed by atoms with Crippen LogP contribution in [0.15, 0.2) is 48.5 Å². The topological polar surface area (TPSA) is 17.1 Å². The van der Waals surface area contributed by atoms with E-state index in [1.807, 2.05) is 0 Å². The summed E-state index contributed by atoms with van der Waals surface area (Å²) < 4.78 is 14.9. The minimum absolute atomic E-state index is 0.138. The van der Waals surface area contributed by atoms with Crippen molar-refractivity contribution in [1.82, 2.24) is 0 Å². The van der Waals surface area contributed by atoms with E-state index in [0.29, 0.717) is 0 Å². The van der Waals surface area contributed by atoms with Gasteiger partial charge in [-0.05, 0) is 0 Å². The molecule has 0 amide bonds. The normalized spacial score (nSPS) is 12.3. The van der Waals surface area contributed by atoms with Gasteiger partial charge < -0.3 is 0 Å². The number of hydrogen-bond acceptors (Lipinski definition) is 1. The average molecular weight is 401 g/mol. The van der Waals surface area contributed by atoms with E-state index in [9.17, 15) is 3.08 Å². The summed E-state index contributed by atoms with van der Waals surface area (Å²) in [6.07, 6.45) is 0. The SMILES string of the molecule is CC(C)(C)c1cc[c]([Sn](=[O])[c]2ccc(C(C)(C)C)cc2)cc1. The van der Waals surface area contributed by atoms with Crippen LogP contribution in [0.25, 0.3) is 0 Å². The second kappa shape index (κ2) is 6.27. The molecule has 2 aromatic rings. The Morgan fingerprint density at radius 2 is 0.864 bits per heavy atom. The third-order valence-electron chi connectivity index (χ3n) is 4.03. The van der Waals surface area contributed by atoms with Gasteiger partial charge in [-0.15, -0.1) is 0 Å². The Bertz CT molecular complexity index is 593. The summed E-state index contributed by atoms with van der Waals surface area (Å²) in [4.78, 5) is 0. The van der Waals surface area contributed by atoms with E-state index >= 15 is 0 Å². The molecule has 0 saturated heterocycles. The number of rotatable bonds is 2. The molecule has 1 nitrogen and oxygen atoms in total. The molecule has 0 radical (unpaired) electrons. The summed E-state index contributed by atoms with van der Waals surface area (Å²) >= 11 is -2.94. The molecule has 116 valence electrons. The van der Waals surface area contributed by atoms with Crippen molar-refractivity contribution in [2.45, 2.75) is 52.4 Å². The van der Waals surface area contributed by atoms with Gasteiger partial charge in [-0.25, -0.2) is 0 Å². The second-order valence-corrected chi connectivity index (χ2v) is 13.2. The van der Waals surface area contributed by atoms with Crippen LogP contribution in [-0.2, 0) is 13.9 Å². The molecule has 22 heavy (non-hydrogen) atoms. The molecule has 2 aromatic carbocycles. The van der Waals surface area contributed by atoms with E-state index in [4.69, 9.17) is 0 Å². The molecule has 0 atom stereocenters. The molecular weight excluding hydrogens is 375 g/mol. The van der Waals surface area contributed by atoms with Crippen LogP contribution in [0.1, 0.15) is 52.7 Å². The third-order valence-corrected chi connectivity index (χ3v) is 8.92. The molecule has 0 N–H and O–H groups in total. The monoisotopic (exact) mass is 402 g/mol. The van der Waals surface area contributed by atoms with Crippen molar-refractivity contribution in [1.29, 1.82) is 0 Å². The molecule has 0 bridgehead atoms.